The van der Waals surface area contributed by atoms with Gasteiger partial charge in [0.05, 0.1) is 5.75 Å². The van der Waals surface area contributed by atoms with Gasteiger partial charge in [-0.15, -0.1) is 0 Å². The van der Waals surface area contributed by atoms with E-state index in [9.17, 15) is 13.2 Å². The number of sulfone groups is 1. The molecule has 1 aromatic carbocycles. The van der Waals surface area contributed by atoms with Crippen LogP contribution in [-0.2, 0) is 15.2 Å². The molecule has 0 unspecified atom stereocenters. The highest BCUT2D eigenvalue weighted by atomic mass is 79.9. The maximum Gasteiger partial charge on any atom is 0.251 e. The van der Waals surface area contributed by atoms with E-state index in [-0.39, 0.29) is 11.7 Å². The van der Waals surface area contributed by atoms with Gasteiger partial charge in [-0.05, 0) is 24.1 Å². The lowest BCUT2D eigenvalue weighted by atomic mass is 10.1. The molecule has 0 aromatic heterocycles. The van der Waals surface area contributed by atoms with Gasteiger partial charge in [-0.25, -0.2) is 8.42 Å². The van der Waals surface area contributed by atoms with Crippen molar-refractivity contribution in [2.45, 2.75) is 11.8 Å². The summed E-state index contributed by atoms with van der Waals surface area (Å²) < 4.78 is 21.8. The van der Waals surface area contributed by atoms with Crippen molar-refractivity contribution in [3.8, 4) is 0 Å². The van der Waals surface area contributed by atoms with Crippen molar-refractivity contribution in [3.63, 3.8) is 0 Å². The van der Waals surface area contributed by atoms with Gasteiger partial charge in [0.15, 0.2) is 0 Å². The van der Waals surface area contributed by atoms with Gasteiger partial charge in [0.25, 0.3) is 5.91 Å². The number of benzene rings is 1. The third-order valence-electron chi connectivity index (χ3n) is 2.35. The molecule has 0 aliphatic rings. The molecule has 0 radical (unpaired) electrons. The largest absolute Gasteiger partial charge is 0.352 e. The molecule has 0 heterocycles. The smallest absolute Gasteiger partial charge is 0.251 e. The van der Waals surface area contributed by atoms with Crippen LogP contribution in [0.25, 0.3) is 0 Å². The third-order valence-corrected chi connectivity index (χ3v) is 4.03. The molecule has 1 amide bonds. The maximum atomic E-state index is 11.7. The number of rotatable bonds is 6. The summed E-state index contributed by atoms with van der Waals surface area (Å²) >= 11 is 3.33. The molecule has 1 aromatic rings. The molecular formula is C12H16BrNO3S. The van der Waals surface area contributed by atoms with E-state index in [4.69, 9.17) is 0 Å². The summed E-state index contributed by atoms with van der Waals surface area (Å²) in [5, 5.41) is 3.45. The maximum absolute atomic E-state index is 11.7. The topological polar surface area (TPSA) is 63.2 Å². The summed E-state index contributed by atoms with van der Waals surface area (Å²) in [6.45, 7) is 0.367. The van der Waals surface area contributed by atoms with E-state index < -0.39 is 9.84 Å². The number of hydrogen-bond donors (Lipinski definition) is 1. The number of carbonyl (C=O) groups is 1. The minimum absolute atomic E-state index is 0.0931. The van der Waals surface area contributed by atoms with Crippen LogP contribution in [0.3, 0.4) is 0 Å². The van der Waals surface area contributed by atoms with Gasteiger partial charge in [-0.1, -0.05) is 28.1 Å². The van der Waals surface area contributed by atoms with Crippen LogP contribution in [0.4, 0.5) is 0 Å². The van der Waals surface area contributed by atoms with Crippen molar-refractivity contribution in [1.29, 1.82) is 0 Å². The molecule has 0 aliphatic heterocycles. The molecule has 1 N–H and O–H groups in total. The second-order valence-corrected chi connectivity index (χ2v) is 6.89. The van der Waals surface area contributed by atoms with E-state index in [2.05, 4.69) is 21.2 Å². The monoisotopic (exact) mass is 333 g/mol. The molecule has 18 heavy (non-hydrogen) atoms. The Morgan fingerprint density at radius 1 is 1.28 bits per heavy atom. The average molecular weight is 334 g/mol. The fraction of sp³-hybridized carbons (Fsp3) is 0.417. The molecule has 0 saturated heterocycles. The molecule has 4 nitrogen and oxygen atoms in total. The standard InChI is InChI=1S/C12H16BrNO3S/c1-18(16,17)8-2-7-14-12(15)11-5-3-10(9-13)4-6-11/h3-6H,2,7-9H2,1H3,(H,14,15). The van der Waals surface area contributed by atoms with Gasteiger partial charge < -0.3 is 5.32 Å². The highest BCUT2D eigenvalue weighted by Crippen LogP contribution is 2.07. The summed E-state index contributed by atoms with van der Waals surface area (Å²) in [5.74, 6) is -0.0832. The zero-order chi connectivity index (χ0) is 13.6. The molecule has 0 saturated carbocycles. The first-order valence-electron chi connectivity index (χ1n) is 5.53. The fourth-order valence-corrected chi connectivity index (χ4v) is 2.43. The summed E-state index contributed by atoms with van der Waals surface area (Å²) in [5.41, 5.74) is 1.68. The van der Waals surface area contributed by atoms with E-state index in [1.165, 1.54) is 6.26 Å². The van der Waals surface area contributed by atoms with Crippen LogP contribution in [0.5, 0.6) is 0 Å². The van der Waals surface area contributed by atoms with Gasteiger partial charge in [-0.2, -0.15) is 0 Å². The SMILES string of the molecule is CS(=O)(=O)CCCNC(=O)c1ccc(CBr)cc1. The zero-order valence-electron chi connectivity index (χ0n) is 10.1. The van der Waals surface area contributed by atoms with E-state index >= 15 is 0 Å². The second-order valence-electron chi connectivity index (χ2n) is 4.07. The zero-order valence-corrected chi connectivity index (χ0v) is 12.6. The molecule has 0 aliphatic carbocycles. The number of alkyl halides is 1. The van der Waals surface area contributed by atoms with Gasteiger partial charge in [0, 0.05) is 23.7 Å². The van der Waals surface area contributed by atoms with Gasteiger partial charge in [0.2, 0.25) is 0 Å². The first-order valence-corrected chi connectivity index (χ1v) is 8.71. The molecule has 100 valence electrons. The Morgan fingerprint density at radius 2 is 1.89 bits per heavy atom. The lowest BCUT2D eigenvalue weighted by molar-refractivity contribution is 0.0953. The molecule has 0 spiro atoms. The molecule has 0 atom stereocenters. The minimum atomic E-state index is -2.95. The average Bonchev–Trinajstić information content (AvgIpc) is 2.33. The van der Waals surface area contributed by atoms with Crippen LogP contribution in [-0.4, -0.2) is 32.9 Å². The van der Waals surface area contributed by atoms with E-state index in [0.717, 1.165) is 10.9 Å². The van der Waals surface area contributed by atoms with Crippen LogP contribution in [0.15, 0.2) is 24.3 Å². The lowest BCUT2D eigenvalue weighted by Gasteiger charge is -2.05. The number of amides is 1. The summed E-state index contributed by atoms with van der Waals surface area (Å²) in [7, 11) is -2.95. The quantitative estimate of drug-likeness (QED) is 0.637. The van der Waals surface area contributed by atoms with Crippen molar-refractivity contribution in [2.24, 2.45) is 0 Å². The van der Waals surface area contributed by atoms with Crippen LogP contribution in [0, 0.1) is 0 Å². The van der Waals surface area contributed by atoms with Crippen LogP contribution in [0.2, 0.25) is 0 Å². The van der Waals surface area contributed by atoms with E-state index in [0.29, 0.717) is 18.5 Å². The molecule has 0 fully saturated rings. The van der Waals surface area contributed by atoms with Gasteiger partial charge in [0.1, 0.15) is 9.84 Å². The first kappa shape index (κ1) is 15.2. The predicted octanol–water partition coefficient (Wildman–Crippen LogP) is 1.75. The van der Waals surface area contributed by atoms with Crippen LogP contribution in [0.1, 0.15) is 22.3 Å². The molecule has 1 rings (SSSR count). The van der Waals surface area contributed by atoms with Crippen LogP contribution >= 0.6 is 15.9 Å². The van der Waals surface area contributed by atoms with Gasteiger partial charge in [-0.3, -0.25) is 4.79 Å². The molecular weight excluding hydrogens is 318 g/mol. The summed E-state index contributed by atoms with van der Waals surface area (Å²) in [6, 6.07) is 7.26. The highest BCUT2D eigenvalue weighted by Gasteiger charge is 2.06. The molecule has 0 bridgehead atoms. The number of nitrogens with one attached hydrogen (secondary N) is 1. The van der Waals surface area contributed by atoms with Crippen molar-refractivity contribution < 1.29 is 13.2 Å². The Bertz CT molecular complexity index is 497. The number of carbonyl (C=O) groups excluding carboxylic acids is 1. The fourth-order valence-electron chi connectivity index (χ4n) is 1.38. The van der Waals surface area contributed by atoms with Crippen molar-refractivity contribution >= 4 is 31.7 Å². The Labute approximate surface area is 116 Å². The Kier molecular flexibility index (Phi) is 5.81. The third kappa shape index (κ3) is 5.64. The Morgan fingerprint density at radius 3 is 2.39 bits per heavy atom. The minimum Gasteiger partial charge on any atom is -0.352 e. The first-order chi connectivity index (χ1) is 8.42. The normalized spacial score (nSPS) is 11.2. The lowest BCUT2D eigenvalue weighted by Crippen LogP contribution is -2.25. The van der Waals surface area contributed by atoms with Crippen molar-refractivity contribution in [3.05, 3.63) is 35.4 Å². The van der Waals surface area contributed by atoms with Crippen molar-refractivity contribution in [1.82, 2.24) is 5.32 Å². The van der Waals surface area contributed by atoms with Crippen molar-refractivity contribution in [2.75, 3.05) is 18.6 Å². The number of halogens is 1. The summed E-state index contributed by atoms with van der Waals surface area (Å²) in [6.07, 6.45) is 1.62. The Hall–Kier alpha value is -0.880. The van der Waals surface area contributed by atoms with E-state index in [1.54, 1.807) is 12.1 Å². The number of hydrogen-bond acceptors (Lipinski definition) is 3. The van der Waals surface area contributed by atoms with E-state index in [1.807, 2.05) is 12.1 Å². The van der Waals surface area contributed by atoms with Gasteiger partial charge >= 0.3 is 0 Å². The Balaban J connectivity index is 2.40. The van der Waals surface area contributed by atoms with Crippen LogP contribution < -0.4 is 5.32 Å². The second kappa shape index (κ2) is 6.89. The highest BCUT2D eigenvalue weighted by molar-refractivity contribution is 9.08. The molecule has 6 heteroatoms. The predicted molar refractivity (Wildman–Crippen MR) is 75.7 cm³/mol. The summed E-state index contributed by atoms with van der Waals surface area (Å²) in [4.78, 5) is 11.7.